The van der Waals surface area contributed by atoms with Crippen molar-refractivity contribution < 1.29 is 9.90 Å². The monoisotopic (exact) mass is 299 g/mol. The average molecular weight is 300 g/mol. The molecule has 4 heteroatoms. The van der Waals surface area contributed by atoms with Crippen LogP contribution in [0.4, 0.5) is 0 Å². The summed E-state index contributed by atoms with van der Waals surface area (Å²) >= 11 is 3.48. The molecule has 0 bridgehead atoms. The van der Waals surface area contributed by atoms with Crippen LogP contribution in [0.25, 0.3) is 0 Å². The number of carbonyl (C=O) groups is 1. The van der Waals surface area contributed by atoms with Crippen molar-refractivity contribution in [3.05, 3.63) is 33.8 Å². The van der Waals surface area contributed by atoms with E-state index in [-0.39, 0.29) is 0 Å². The minimum absolute atomic E-state index is 0.609. The van der Waals surface area contributed by atoms with Gasteiger partial charge in [0.2, 0.25) is 0 Å². The molecule has 17 heavy (non-hydrogen) atoms. The van der Waals surface area contributed by atoms with E-state index in [1.54, 1.807) is 13.8 Å². The number of hydrogen-bond acceptors (Lipinski definition) is 2. The van der Waals surface area contributed by atoms with Crippen LogP contribution in [0.1, 0.15) is 25.0 Å². The minimum Gasteiger partial charge on any atom is -0.480 e. The Hall–Kier alpha value is -0.870. The van der Waals surface area contributed by atoms with Crippen molar-refractivity contribution in [2.24, 2.45) is 0 Å². The second kappa shape index (κ2) is 5.19. The summed E-state index contributed by atoms with van der Waals surface area (Å²) < 4.78 is 1.05. The SMILES string of the molecule is Cc1ccc(CN(C)C(C)(C)C(=O)O)cc1Br. The molecule has 0 spiro atoms. The van der Waals surface area contributed by atoms with Gasteiger partial charge in [-0.05, 0) is 45.0 Å². The van der Waals surface area contributed by atoms with Gasteiger partial charge in [-0.25, -0.2) is 0 Å². The van der Waals surface area contributed by atoms with Gasteiger partial charge in [0, 0.05) is 11.0 Å². The number of nitrogens with zero attached hydrogens (tertiary/aromatic N) is 1. The standard InChI is InChI=1S/C13H18BrNO2/c1-9-5-6-10(7-11(9)14)8-15(4)13(2,3)12(16)17/h5-7H,8H2,1-4H3,(H,16,17). The van der Waals surface area contributed by atoms with Gasteiger partial charge in [0.15, 0.2) is 0 Å². The van der Waals surface area contributed by atoms with Crippen LogP contribution in [0.2, 0.25) is 0 Å². The van der Waals surface area contributed by atoms with E-state index in [4.69, 9.17) is 5.11 Å². The van der Waals surface area contributed by atoms with Crippen molar-refractivity contribution in [1.82, 2.24) is 4.90 Å². The number of aliphatic carboxylic acids is 1. The molecule has 0 saturated carbocycles. The zero-order valence-electron chi connectivity index (χ0n) is 10.6. The van der Waals surface area contributed by atoms with Crippen molar-refractivity contribution in [1.29, 1.82) is 0 Å². The van der Waals surface area contributed by atoms with Gasteiger partial charge in [0.1, 0.15) is 5.54 Å². The normalized spacial score (nSPS) is 11.9. The summed E-state index contributed by atoms with van der Waals surface area (Å²) in [5.74, 6) is -0.814. The summed E-state index contributed by atoms with van der Waals surface area (Å²) in [5, 5.41) is 9.14. The first-order chi connectivity index (χ1) is 7.75. The molecule has 1 rings (SSSR count). The first kappa shape index (κ1) is 14.2. The third-order valence-electron chi connectivity index (χ3n) is 3.13. The lowest BCUT2D eigenvalue weighted by Crippen LogP contribution is -2.47. The zero-order chi connectivity index (χ0) is 13.2. The molecule has 0 amide bonds. The van der Waals surface area contributed by atoms with E-state index in [0.717, 1.165) is 10.0 Å². The molecule has 0 radical (unpaired) electrons. The summed E-state index contributed by atoms with van der Waals surface area (Å²) in [6, 6.07) is 6.08. The molecule has 1 aromatic rings. The Morgan fingerprint density at radius 2 is 2.06 bits per heavy atom. The molecule has 0 heterocycles. The van der Waals surface area contributed by atoms with E-state index in [1.807, 2.05) is 37.1 Å². The predicted octanol–water partition coefficient (Wildman–Crippen LogP) is 3.05. The van der Waals surface area contributed by atoms with E-state index in [9.17, 15) is 4.79 Å². The average Bonchev–Trinajstić information content (AvgIpc) is 2.23. The highest BCUT2D eigenvalue weighted by molar-refractivity contribution is 9.10. The van der Waals surface area contributed by atoms with Gasteiger partial charge in [-0.15, -0.1) is 0 Å². The van der Waals surface area contributed by atoms with Crippen LogP contribution in [0.3, 0.4) is 0 Å². The van der Waals surface area contributed by atoms with Gasteiger partial charge < -0.3 is 5.11 Å². The maximum atomic E-state index is 11.1. The number of likely N-dealkylation sites (N-methyl/N-ethyl adjacent to an activating group) is 1. The second-order valence-electron chi connectivity index (χ2n) is 4.80. The van der Waals surface area contributed by atoms with Crippen LogP contribution in [0.15, 0.2) is 22.7 Å². The van der Waals surface area contributed by atoms with Gasteiger partial charge in [-0.1, -0.05) is 28.1 Å². The lowest BCUT2D eigenvalue weighted by atomic mass is 10.0. The van der Waals surface area contributed by atoms with Gasteiger partial charge in [0.25, 0.3) is 0 Å². The number of carboxylic acids is 1. The molecule has 1 N–H and O–H groups in total. The Bertz CT molecular complexity index is 429. The second-order valence-corrected chi connectivity index (χ2v) is 5.66. The van der Waals surface area contributed by atoms with Crippen LogP contribution in [-0.4, -0.2) is 28.6 Å². The Kier molecular flexibility index (Phi) is 4.33. The number of hydrogen-bond donors (Lipinski definition) is 1. The fraction of sp³-hybridized carbons (Fsp3) is 0.462. The van der Waals surface area contributed by atoms with E-state index in [1.165, 1.54) is 5.56 Å². The summed E-state index contributed by atoms with van der Waals surface area (Å²) in [7, 11) is 1.82. The third kappa shape index (κ3) is 3.30. The summed E-state index contributed by atoms with van der Waals surface area (Å²) in [6.45, 7) is 6.05. The summed E-state index contributed by atoms with van der Waals surface area (Å²) in [5.41, 5.74) is 1.41. The van der Waals surface area contributed by atoms with E-state index < -0.39 is 11.5 Å². The fourth-order valence-corrected chi connectivity index (χ4v) is 1.80. The first-order valence-electron chi connectivity index (χ1n) is 5.45. The van der Waals surface area contributed by atoms with Crippen LogP contribution in [0, 0.1) is 6.92 Å². The highest BCUT2D eigenvalue weighted by atomic mass is 79.9. The molecule has 0 unspecified atom stereocenters. The molecule has 0 atom stereocenters. The smallest absolute Gasteiger partial charge is 0.323 e. The molecule has 0 aliphatic rings. The van der Waals surface area contributed by atoms with Crippen LogP contribution < -0.4 is 0 Å². The number of carboxylic acid groups (broad SMARTS) is 1. The van der Waals surface area contributed by atoms with E-state index in [0.29, 0.717) is 6.54 Å². The number of halogens is 1. The maximum Gasteiger partial charge on any atom is 0.323 e. The van der Waals surface area contributed by atoms with Gasteiger partial charge in [-0.3, -0.25) is 9.69 Å². The molecule has 0 aliphatic carbocycles. The first-order valence-corrected chi connectivity index (χ1v) is 6.24. The van der Waals surface area contributed by atoms with Crippen molar-refractivity contribution in [3.63, 3.8) is 0 Å². The van der Waals surface area contributed by atoms with E-state index in [2.05, 4.69) is 15.9 Å². The molecular weight excluding hydrogens is 282 g/mol. The number of benzene rings is 1. The van der Waals surface area contributed by atoms with Crippen LogP contribution >= 0.6 is 15.9 Å². The van der Waals surface area contributed by atoms with E-state index >= 15 is 0 Å². The molecule has 0 fully saturated rings. The third-order valence-corrected chi connectivity index (χ3v) is 3.99. The molecular formula is C13H18BrNO2. The van der Waals surface area contributed by atoms with Crippen molar-refractivity contribution in [3.8, 4) is 0 Å². The van der Waals surface area contributed by atoms with Crippen LogP contribution in [0.5, 0.6) is 0 Å². The van der Waals surface area contributed by atoms with Crippen LogP contribution in [-0.2, 0) is 11.3 Å². The lowest BCUT2D eigenvalue weighted by Gasteiger charge is -2.31. The molecule has 94 valence electrons. The fourth-order valence-electron chi connectivity index (χ4n) is 1.37. The summed E-state index contributed by atoms with van der Waals surface area (Å²) in [4.78, 5) is 12.9. The largest absolute Gasteiger partial charge is 0.480 e. The Labute approximate surface area is 111 Å². The molecule has 3 nitrogen and oxygen atoms in total. The topological polar surface area (TPSA) is 40.5 Å². The predicted molar refractivity (Wildman–Crippen MR) is 72.1 cm³/mol. The number of rotatable bonds is 4. The maximum absolute atomic E-state index is 11.1. The van der Waals surface area contributed by atoms with Crippen molar-refractivity contribution in [2.75, 3.05) is 7.05 Å². The van der Waals surface area contributed by atoms with Crippen molar-refractivity contribution in [2.45, 2.75) is 32.9 Å². The van der Waals surface area contributed by atoms with Crippen molar-refractivity contribution >= 4 is 21.9 Å². The molecule has 1 aromatic carbocycles. The summed E-state index contributed by atoms with van der Waals surface area (Å²) in [6.07, 6.45) is 0. The minimum atomic E-state index is -0.864. The molecule has 0 saturated heterocycles. The molecule has 0 aliphatic heterocycles. The highest BCUT2D eigenvalue weighted by Crippen LogP contribution is 2.21. The van der Waals surface area contributed by atoms with Gasteiger partial charge in [-0.2, -0.15) is 0 Å². The molecule has 0 aromatic heterocycles. The lowest BCUT2D eigenvalue weighted by molar-refractivity contribution is -0.148. The van der Waals surface area contributed by atoms with Gasteiger partial charge >= 0.3 is 5.97 Å². The Morgan fingerprint density at radius 1 is 1.47 bits per heavy atom. The Balaban J connectivity index is 2.84. The zero-order valence-corrected chi connectivity index (χ0v) is 12.2. The quantitative estimate of drug-likeness (QED) is 0.929. The Morgan fingerprint density at radius 3 is 2.53 bits per heavy atom. The van der Waals surface area contributed by atoms with Gasteiger partial charge in [0.05, 0.1) is 0 Å². The highest BCUT2D eigenvalue weighted by Gasteiger charge is 2.31. The number of aryl methyl sites for hydroxylation is 1.